The first-order valence-corrected chi connectivity index (χ1v) is 7.21. The van der Waals surface area contributed by atoms with Crippen molar-refractivity contribution in [2.45, 2.75) is 44.7 Å². The third kappa shape index (κ3) is 4.06. The van der Waals surface area contributed by atoms with Crippen LogP contribution in [0.4, 0.5) is 0 Å². The average Bonchev–Trinajstić information content (AvgIpc) is 2.91. The normalized spacial score (nSPS) is 17.6. The number of hydrogen-bond acceptors (Lipinski definition) is 2. The van der Waals surface area contributed by atoms with Gasteiger partial charge in [0.25, 0.3) is 0 Å². The average molecular weight is 260 g/mol. The Balaban J connectivity index is 1.82. The molecule has 0 saturated heterocycles. The largest absolute Gasteiger partial charge is 0.352 e. The molecule has 0 spiro atoms. The highest BCUT2D eigenvalue weighted by atomic mass is 16.2. The van der Waals surface area contributed by atoms with Gasteiger partial charge in [0.1, 0.15) is 0 Å². The van der Waals surface area contributed by atoms with Crippen molar-refractivity contribution >= 4 is 5.91 Å². The minimum atomic E-state index is 0.150. The number of hydrogen-bond donors (Lipinski definition) is 1. The SMILES string of the molecule is CC(c1ccccc1)N(C)CC(=O)NC1CCCC1. The summed E-state index contributed by atoms with van der Waals surface area (Å²) in [6, 6.07) is 11.0. The van der Waals surface area contributed by atoms with E-state index in [9.17, 15) is 4.79 Å². The highest BCUT2D eigenvalue weighted by Crippen LogP contribution is 2.19. The van der Waals surface area contributed by atoms with Crippen molar-refractivity contribution in [3.05, 3.63) is 35.9 Å². The Bertz CT molecular complexity index is 398. The molecule has 1 aromatic rings. The molecule has 0 bridgehead atoms. The van der Waals surface area contributed by atoms with E-state index in [4.69, 9.17) is 0 Å². The smallest absolute Gasteiger partial charge is 0.234 e. The van der Waals surface area contributed by atoms with Gasteiger partial charge in [-0.15, -0.1) is 0 Å². The van der Waals surface area contributed by atoms with E-state index in [-0.39, 0.29) is 11.9 Å². The zero-order chi connectivity index (χ0) is 13.7. The Labute approximate surface area is 116 Å². The van der Waals surface area contributed by atoms with Crippen LogP contribution in [0, 0.1) is 0 Å². The van der Waals surface area contributed by atoms with Gasteiger partial charge in [-0.25, -0.2) is 0 Å². The summed E-state index contributed by atoms with van der Waals surface area (Å²) in [5, 5.41) is 3.14. The maximum Gasteiger partial charge on any atom is 0.234 e. The highest BCUT2D eigenvalue weighted by molar-refractivity contribution is 5.78. The van der Waals surface area contributed by atoms with Crippen LogP contribution < -0.4 is 5.32 Å². The Hall–Kier alpha value is -1.35. The lowest BCUT2D eigenvalue weighted by molar-refractivity contribution is -0.123. The number of benzene rings is 1. The lowest BCUT2D eigenvalue weighted by Crippen LogP contribution is -2.40. The molecule has 19 heavy (non-hydrogen) atoms. The predicted octanol–water partition coefficient (Wildman–Crippen LogP) is 2.74. The van der Waals surface area contributed by atoms with Crippen LogP contribution in [0.2, 0.25) is 0 Å². The third-order valence-corrected chi connectivity index (χ3v) is 4.06. The molecule has 0 aromatic heterocycles. The molecular weight excluding hydrogens is 236 g/mol. The van der Waals surface area contributed by atoms with Crippen LogP contribution in [0.15, 0.2) is 30.3 Å². The minimum Gasteiger partial charge on any atom is -0.352 e. The number of amides is 1. The van der Waals surface area contributed by atoms with Gasteiger partial charge in [0.05, 0.1) is 6.54 Å². The Morgan fingerprint density at radius 3 is 2.58 bits per heavy atom. The monoisotopic (exact) mass is 260 g/mol. The third-order valence-electron chi connectivity index (χ3n) is 4.06. The van der Waals surface area contributed by atoms with E-state index in [2.05, 4.69) is 29.3 Å². The summed E-state index contributed by atoms with van der Waals surface area (Å²) in [5.74, 6) is 0.150. The number of nitrogens with zero attached hydrogens (tertiary/aromatic N) is 1. The Morgan fingerprint density at radius 2 is 1.95 bits per heavy atom. The van der Waals surface area contributed by atoms with Gasteiger partial charge in [0.15, 0.2) is 0 Å². The molecule has 1 saturated carbocycles. The fourth-order valence-electron chi connectivity index (χ4n) is 2.69. The summed E-state index contributed by atoms with van der Waals surface area (Å²) >= 11 is 0. The summed E-state index contributed by atoms with van der Waals surface area (Å²) < 4.78 is 0. The van der Waals surface area contributed by atoms with Gasteiger partial charge in [-0.2, -0.15) is 0 Å². The second-order valence-corrected chi connectivity index (χ2v) is 5.55. The Kier molecular flexibility index (Phi) is 4.97. The summed E-state index contributed by atoms with van der Waals surface area (Å²) in [6.07, 6.45) is 4.79. The van der Waals surface area contributed by atoms with Crippen molar-refractivity contribution in [1.29, 1.82) is 0 Å². The van der Waals surface area contributed by atoms with Crippen molar-refractivity contribution in [2.24, 2.45) is 0 Å². The molecule has 1 aliphatic rings. The van der Waals surface area contributed by atoms with Gasteiger partial charge in [-0.3, -0.25) is 9.69 Å². The second kappa shape index (κ2) is 6.71. The van der Waals surface area contributed by atoms with Crippen LogP contribution in [0.1, 0.15) is 44.2 Å². The van der Waals surface area contributed by atoms with E-state index in [1.54, 1.807) is 0 Å². The Morgan fingerprint density at radius 1 is 1.32 bits per heavy atom. The second-order valence-electron chi connectivity index (χ2n) is 5.55. The number of nitrogens with one attached hydrogen (secondary N) is 1. The highest BCUT2D eigenvalue weighted by Gasteiger charge is 2.19. The number of rotatable bonds is 5. The van der Waals surface area contributed by atoms with E-state index < -0.39 is 0 Å². The van der Waals surface area contributed by atoms with Gasteiger partial charge in [0, 0.05) is 12.1 Å². The molecule has 3 nitrogen and oxygen atoms in total. The molecule has 1 N–H and O–H groups in total. The molecule has 1 aliphatic carbocycles. The van der Waals surface area contributed by atoms with Gasteiger partial charge in [0.2, 0.25) is 5.91 Å². The van der Waals surface area contributed by atoms with E-state index in [1.165, 1.54) is 18.4 Å². The van der Waals surface area contributed by atoms with E-state index >= 15 is 0 Å². The number of carbonyl (C=O) groups is 1. The first kappa shape index (κ1) is 14.1. The van der Waals surface area contributed by atoms with Crippen LogP contribution in [-0.2, 0) is 4.79 Å². The topological polar surface area (TPSA) is 32.3 Å². The zero-order valence-corrected chi connectivity index (χ0v) is 11.9. The molecule has 0 aliphatic heterocycles. The van der Waals surface area contributed by atoms with Crippen molar-refractivity contribution in [2.75, 3.05) is 13.6 Å². The van der Waals surface area contributed by atoms with Crippen LogP contribution in [-0.4, -0.2) is 30.4 Å². The number of carbonyl (C=O) groups excluding carboxylic acids is 1. The fraction of sp³-hybridized carbons (Fsp3) is 0.562. The summed E-state index contributed by atoms with van der Waals surface area (Å²) in [7, 11) is 2.01. The lowest BCUT2D eigenvalue weighted by Gasteiger charge is -2.25. The van der Waals surface area contributed by atoms with E-state index in [1.807, 2.05) is 25.2 Å². The van der Waals surface area contributed by atoms with Crippen molar-refractivity contribution < 1.29 is 4.79 Å². The number of likely N-dealkylation sites (N-methyl/N-ethyl adjacent to an activating group) is 1. The minimum absolute atomic E-state index is 0.150. The van der Waals surface area contributed by atoms with Gasteiger partial charge in [-0.1, -0.05) is 43.2 Å². The molecule has 104 valence electrons. The molecule has 3 heteroatoms. The van der Waals surface area contributed by atoms with Crippen molar-refractivity contribution in [3.63, 3.8) is 0 Å². The van der Waals surface area contributed by atoms with Gasteiger partial charge < -0.3 is 5.32 Å². The van der Waals surface area contributed by atoms with Crippen molar-refractivity contribution in [1.82, 2.24) is 10.2 Å². The molecule has 1 atom stereocenters. The zero-order valence-electron chi connectivity index (χ0n) is 11.9. The molecule has 1 aromatic carbocycles. The first-order valence-electron chi connectivity index (χ1n) is 7.21. The molecule has 1 amide bonds. The molecule has 1 unspecified atom stereocenters. The van der Waals surface area contributed by atoms with Gasteiger partial charge in [-0.05, 0) is 32.4 Å². The quantitative estimate of drug-likeness (QED) is 0.883. The molecule has 1 fully saturated rings. The summed E-state index contributed by atoms with van der Waals surface area (Å²) in [6.45, 7) is 2.60. The maximum atomic E-state index is 12.0. The molecule has 0 radical (unpaired) electrons. The predicted molar refractivity (Wildman–Crippen MR) is 77.9 cm³/mol. The molecule has 2 rings (SSSR count). The van der Waals surface area contributed by atoms with Crippen LogP contribution in [0.3, 0.4) is 0 Å². The standard InChI is InChI=1S/C16H24N2O/c1-13(14-8-4-3-5-9-14)18(2)12-16(19)17-15-10-6-7-11-15/h3-5,8-9,13,15H,6-7,10-12H2,1-2H3,(H,17,19). The van der Waals surface area contributed by atoms with Crippen LogP contribution in [0.25, 0.3) is 0 Å². The van der Waals surface area contributed by atoms with Gasteiger partial charge >= 0.3 is 0 Å². The van der Waals surface area contributed by atoms with Crippen LogP contribution in [0.5, 0.6) is 0 Å². The first-order chi connectivity index (χ1) is 9.16. The van der Waals surface area contributed by atoms with E-state index in [0.717, 1.165) is 12.8 Å². The summed E-state index contributed by atoms with van der Waals surface area (Å²) in [4.78, 5) is 14.1. The lowest BCUT2D eigenvalue weighted by atomic mass is 10.1. The summed E-state index contributed by atoms with van der Waals surface area (Å²) in [5.41, 5.74) is 1.25. The maximum absolute atomic E-state index is 12.0. The van der Waals surface area contributed by atoms with Crippen molar-refractivity contribution in [3.8, 4) is 0 Å². The van der Waals surface area contributed by atoms with Crippen LogP contribution >= 0.6 is 0 Å². The van der Waals surface area contributed by atoms with E-state index in [0.29, 0.717) is 12.6 Å². The molecular formula is C16H24N2O. The molecule has 0 heterocycles. The fourth-order valence-corrected chi connectivity index (χ4v) is 2.69.